The minimum Gasteiger partial charge on any atom is -0.469 e. The van der Waals surface area contributed by atoms with Crippen LogP contribution in [-0.4, -0.2) is 46.8 Å². The molecule has 6 heteroatoms. The number of halogens is 1. The fourth-order valence-electron chi connectivity index (χ4n) is 4.96. The van der Waals surface area contributed by atoms with Crippen LogP contribution >= 0.6 is 24.0 Å². The zero-order valence-electron chi connectivity index (χ0n) is 23.3. The number of carbonyl (C=O) groups excluding carboxylic acids is 1. The molecule has 0 radical (unpaired) electrons. The third-order valence-corrected chi connectivity index (χ3v) is 7.25. The first-order valence-electron chi connectivity index (χ1n) is 14.2. The van der Waals surface area contributed by atoms with Crippen LogP contribution in [0, 0.1) is 0 Å². The Morgan fingerprint density at radius 3 is 2.24 bits per heavy atom. The lowest BCUT2D eigenvalue weighted by Gasteiger charge is -2.33. The number of benzene rings is 1. The fourth-order valence-corrected chi connectivity index (χ4v) is 4.96. The fraction of sp³-hybridized carbons (Fsp3) is 0.645. The first kappa shape index (κ1) is 33.5. The number of unbranched alkanes of at least 4 members (excludes halogenated alkanes) is 9. The minimum absolute atomic E-state index is 0. The van der Waals surface area contributed by atoms with E-state index < -0.39 is 0 Å². The summed E-state index contributed by atoms with van der Waals surface area (Å²) in [6.45, 7) is 7.79. The highest BCUT2D eigenvalue weighted by atomic mass is 127. The zero-order chi connectivity index (χ0) is 26.0. The maximum atomic E-state index is 11.2. The zero-order valence-corrected chi connectivity index (χ0v) is 25.6. The Labute approximate surface area is 243 Å². The standard InChI is InChI=1S/C31H50N2O3.HI/c1-4-6-7-8-10-13-16-29(30(34)17-14-11-9-12-15-18-31(35)36-3)33-24-23-32(26-33)25-28-21-19-27(5-2)20-22-28;/h5,19-24,29-30,34H,2,4,6-18,25-26H2,1,3H3;1H. The van der Waals surface area contributed by atoms with E-state index >= 15 is 0 Å². The maximum Gasteiger partial charge on any atom is 0.305 e. The minimum atomic E-state index is -0.313. The molecule has 0 fully saturated rings. The van der Waals surface area contributed by atoms with Crippen molar-refractivity contribution >= 4 is 36.0 Å². The molecule has 0 saturated carbocycles. The molecule has 0 aliphatic carbocycles. The van der Waals surface area contributed by atoms with Gasteiger partial charge in [-0.2, -0.15) is 0 Å². The van der Waals surface area contributed by atoms with Gasteiger partial charge >= 0.3 is 5.97 Å². The number of hydrogen-bond donors (Lipinski definition) is 1. The predicted molar refractivity (Wildman–Crippen MR) is 165 cm³/mol. The molecule has 210 valence electrons. The first-order valence-corrected chi connectivity index (χ1v) is 14.2. The summed E-state index contributed by atoms with van der Waals surface area (Å²) in [4.78, 5) is 15.9. The Morgan fingerprint density at radius 1 is 0.973 bits per heavy atom. The number of carbonyl (C=O) groups is 1. The van der Waals surface area contributed by atoms with Crippen LogP contribution in [0.5, 0.6) is 0 Å². The Balaban J connectivity index is 0.00000684. The molecule has 0 saturated heterocycles. The molecule has 1 aromatic rings. The second-order valence-electron chi connectivity index (χ2n) is 10.2. The van der Waals surface area contributed by atoms with Crippen LogP contribution in [0.2, 0.25) is 0 Å². The van der Waals surface area contributed by atoms with Crippen molar-refractivity contribution in [3.05, 3.63) is 54.4 Å². The van der Waals surface area contributed by atoms with E-state index in [4.69, 9.17) is 4.74 Å². The van der Waals surface area contributed by atoms with E-state index in [1.54, 1.807) is 0 Å². The SMILES string of the molecule is C=Cc1ccc(CN2C=CN(C(CCCCCCCC)C(O)CCCCCCCC(=O)OC)C2)cc1.I. The van der Waals surface area contributed by atoms with E-state index in [1.165, 1.54) is 51.2 Å². The number of hydrogen-bond acceptors (Lipinski definition) is 5. The van der Waals surface area contributed by atoms with Gasteiger partial charge in [-0.1, -0.05) is 108 Å². The van der Waals surface area contributed by atoms with Gasteiger partial charge in [-0.25, -0.2) is 0 Å². The average molecular weight is 627 g/mol. The van der Waals surface area contributed by atoms with Gasteiger partial charge in [0.05, 0.1) is 25.9 Å². The van der Waals surface area contributed by atoms with Crippen LogP contribution in [-0.2, 0) is 16.1 Å². The van der Waals surface area contributed by atoms with Gasteiger partial charge in [0.1, 0.15) is 0 Å². The van der Waals surface area contributed by atoms with E-state index in [2.05, 4.69) is 60.0 Å². The van der Waals surface area contributed by atoms with Gasteiger partial charge in [-0.3, -0.25) is 4.79 Å². The van der Waals surface area contributed by atoms with E-state index in [9.17, 15) is 9.90 Å². The maximum absolute atomic E-state index is 11.2. The van der Waals surface area contributed by atoms with Crippen LogP contribution in [0.15, 0.2) is 43.2 Å². The van der Waals surface area contributed by atoms with Crippen LogP contribution in [0.1, 0.15) is 108 Å². The lowest BCUT2D eigenvalue weighted by Crippen LogP contribution is -2.42. The summed E-state index contributed by atoms with van der Waals surface area (Å²) < 4.78 is 4.70. The van der Waals surface area contributed by atoms with Crippen molar-refractivity contribution in [2.24, 2.45) is 0 Å². The molecule has 1 aliphatic heterocycles. The molecule has 0 amide bonds. The van der Waals surface area contributed by atoms with Crippen LogP contribution < -0.4 is 0 Å². The highest BCUT2D eigenvalue weighted by molar-refractivity contribution is 14.0. The smallest absolute Gasteiger partial charge is 0.305 e. The highest BCUT2D eigenvalue weighted by Crippen LogP contribution is 2.24. The Kier molecular flexibility index (Phi) is 18.5. The van der Waals surface area contributed by atoms with Crippen molar-refractivity contribution in [3.63, 3.8) is 0 Å². The lowest BCUT2D eigenvalue weighted by molar-refractivity contribution is -0.140. The van der Waals surface area contributed by atoms with Crippen LogP contribution in [0.25, 0.3) is 6.08 Å². The summed E-state index contributed by atoms with van der Waals surface area (Å²) in [7, 11) is 1.44. The number of methoxy groups -OCH3 is 1. The molecule has 2 unspecified atom stereocenters. The Hall–Kier alpha value is -1.54. The molecular formula is C31H51IN2O3. The van der Waals surface area contributed by atoms with E-state index in [-0.39, 0.29) is 42.1 Å². The van der Waals surface area contributed by atoms with Crippen molar-refractivity contribution in [1.29, 1.82) is 0 Å². The second-order valence-corrected chi connectivity index (χ2v) is 10.2. The first-order chi connectivity index (χ1) is 17.6. The van der Waals surface area contributed by atoms with Gasteiger partial charge in [-0.05, 0) is 30.4 Å². The van der Waals surface area contributed by atoms with Crippen molar-refractivity contribution in [3.8, 4) is 0 Å². The summed E-state index contributed by atoms with van der Waals surface area (Å²) in [6.07, 6.45) is 21.1. The summed E-state index contributed by atoms with van der Waals surface area (Å²) in [5, 5.41) is 11.2. The van der Waals surface area contributed by atoms with Crippen molar-refractivity contribution in [2.75, 3.05) is 13.8 Å². The van der Waals surface area contributed by atoms with Crippen molar-refractivity contribution in [1.82, 2.24) is 9.80 Å². The Bertz CT molecular complexity index is 768. The molecule has 2 atom stereocenters. The number of rotatable bonds is 20. The summed E-state index contributed by atoms with van der Waals surface area (Å²) in [5.74, 6) is -0.121. The molecule has 0 bridgehead atoms. The van der Waals surface area contributed by atoms with E-state index in [0.717, 1.165) is 63.7 Å². The monoisotopic (exact) mass is 626 g/mol. The van der Waals surface area contributed by atoms with Gasteiger partial charge in [0.15, 0.2) is 0 Å². The van der Waals surface area contributed by atoms with Gasteiger partial charge in [-0.15, -0.1) is 24.0 Å². The summed E-state index contributed by atoms with van der Waals surface area (Å²) in [6, 6.07) is 8.73. The molecule has 0 spiro atoms. The van der Waals surface area contributed by atoms with Gasteiger partial charge in [0.2, 0.25) is 0 Å². The van der Waals surface area contributed by atoms with E-state index in [1.807, 2.05) is 6.08 Å². The number of esters is 1. The molecule has 2 rings (SSSR count). The van der Waals surface area contributed by atoms with Gasteiger partial charge in [0, 0.05) is 25.4 Å². The molecule has 37 heavy (non-hydrogen) atoms. The predicted octanol–water partition coefficient (Wildman–Crippen LogP) is 7.88. The number of ether oxygens (including phenoxy) is 1. The third kappa shape index (κ3) is 13.7. The largest absolute Gasteiger partial charge is 0.469 e. The van der Waals surface area contributed by atoms with Gasteiger partial charge < -0.3 is 19.6 Å². The van der Waals surface area contributed by atoms with Crippen LogP contribution in [0.4, 0.5) is 0 Å². The number of aliphatic hydroxyl groups is 1. The molecular weight excluding hydrogens is 575 g/mol. The molecule has 1 aromatic carbocycles. The average Bonchev–Trinajstić information content (AvgIpc) is 3.35. The quantitative estimate of drug-likeness (QED) is 0.0907. The molecule has 1 N–H and O–H groups in total. The third-order valence-electron chi connectivity index (χ3n) is 7.25. The molecule has 5 nitrogen and oxygen atoms in total. The highest BCUT2D eigenvalue weighted by Gasteiger charge is 2.27. The molecule has 1 heterocycles. The van der Waals surface area contributed by atoms with Crippen molar-refractivity contribution in [2.45, 2.75) is 116 Å². The van der Waals surface area contributed by atoms with Gasteiger partial charge in [0.25, 0.3) is 0 Å². The molecule has 1 aliphatic rings. The van der Waals surface area contributed by atoms with Crippen molar-refractivity contribution < 1.29 is 14.6 Å². The normalized spacial score (nSPS) is 14.4. The van der Waals surface area contributed by atoms with Crippen LogP contribution in [0.3, 0.4) is 0 Å². The Morgan fingerprint density at radius 2 is 1.59 bits per heavy atom. The lowest BCUT2D eigenvalue weighted by atomic mass is 9.96. The summed E-state index contributed by atoms with van der Waals surface area (Å²) >= 11 is 0. The van der Waals surface area contributed by atoms with E-state index in [0.29, 0.717) is 6.42 Å². The number of nitrogens with zero attached hydrogens (tertiary/aromatic N) is 2. The topological polar surface area (TPSA) is 53.0 Å². The number of aliphatic hydroxyl groups excluding tert-OH is 1. The summed E-state index contributed by atoms with van der Waals surface area (Å²) in [5.41, 5.74) is 2.43. The molecule has 0 aromatic heterocycles. The second kappa shape index (κ2) is 20.4.